The Bertz CT molecular complexity index is 110. The van der Waals surface area contributed by atoms with Crippen LogP contribution in [0.1, 0.15) is 0 Å². The van der Waals surface area contributed by atoms with Crippen LogP contribution < -0.4 is 0 Å². The Morgan fingerprint density at radius 2 is 2.09 bits per heavy atom. The van der Waals surface area contributed by atoms with Gasteiger partial charge in [-0.1, -0.05) is 0 Å². The molecule has 0 fully saturated rings. The number of aliphatic hydroxyl groups is 1. The number of methoxy groups -OCH3 is 1. The van der Waals surface area contributed by atoms with Crippen molar-refractivity contribution in [3.05, 3.63) is 0 Å². The van der Waals surface area contributed by atoms with Gasteiger partial charge in [0, 0.05) is 7.11 Å². The predicted molar refractivity (Wildman–Crippen MR) is 34.9 cm³/mol. The average molecular weight is 162 g/mol. The maximum absolute atomic E-state index is 10.1. The first-order valence-corrected chi connectivity index (χ1v) is 2.98. The van der Waals surface area contributed by atoms with Gasteiger partial charge in [0.25, 0.3) is 0 Å². The standard InChI is InChI=1S/C6H10O5/c1-10-6(4-9)11-5(2-7)3-8/h2,4-6,8H,3H2,1H3/t5-,6-/m0/s1. The van der Waals surface area contributed by atoms with Crippen molar-refractivity contribution in [1.29, 1.82) is 0 Å². The van der Waals surface area contributed by atoms with Gasteiger partial charge in [-0.2, -0.15) is 0 Å². The molecule has 0 spiro atoms. The van der Waals surface area contributed by atoms with E-state index in [0.717, 1.165) is 0 Å². The summed E-state index contributed by atoms with van der Waals surface area (Å²) in [5.74, 6) is 0. The van der Waals surface area contributed by atoms with Crippen LogP contribution in [0.3, 0.4) is 0 Å². The molecule has 0 heterocycles. The lowest BCUT2D eigenvalue weighted by Crippen LogP contribution is -2.28. The Morgan fingerprint density at radius 1 is 1.45 bits per heavy atom. The summed E-state index contributed by atoms with van der Waals surface area (Å²) in [5.41, 5.74) is 0. The van der Waals surface area contributed by atoms with Gasteiger partial charge in [0.05, 0.1) is 6.61 Å². The van der Waals surface area contributed by atoms with E-state index in [1.54, 1.807) is 0 Å². The highest BCUT2D eigenvalue weighted by Gasteiger charge is 2.12. The van der Waals surface area contributed by atoms with E-state index in [0.29, 0.717) is 12.6 Å². The molecule has 0 aromatic heterocycles. The number of aldehydes is 2. The Morgan fingerprint density at radius 3 is 2.36 bits per heavy atom. The summed E-state index contributed by atoms with van der Waals surface area (Å²) in [6.45, 7) is -0.461. The summed E-state index contributed by atoms with van der Waals surface area (Å²) in [6.07, 6.45) is -1.29. The second kappa shape index (κ2) is 5.96. The molecule has 0 aliphatic carbocycles. The fraction of sp³-hybridized carbons (Fsp3) is 0.667. The Balaban J connectivity index is 3.76. The third-order valence-corrected chi connectivity index (χ3v) is 0.984. The predicted octanol–water partition coefficient (Wildman–Crippen LogP) is -1.27. The smallest absolute Gasteiger partial charge is 0.215 e. The zero-order chi connectivity index (χ0) is 8.69. The summed E-state index contributed by atoms with van der Waals surface area (Å²) in [4.78, 5) is 20.1. The van der Waals surface area contributed by atoms with Crippen molar-refractivity contribution in [2.24, 2.45) is 0 Å². The van der Waals surface area contributed by atoms with Gasteiger partial charge in [-0.25, -0.2) is 0 Å². The van der Waals surface area contributed by atoms with Gasteiger partial charge in [0.1, 0.15) is 6.10 Å². The molecule has 0 saturated heterocycles. The minimum absolute atomic E-state index is 0.395. The molecule has 1 N–H and O–H groups in total. The lowest BCUT2D eigenvalue weighted by molar-refractivity contribution is -0.169. The van der Waals surface area contributed by atoms with Crippen molar-refractivity contribution < 1.29 is 24.2 Å². The van der Waals surface area contributed by atoms with Gasteiger partial charge >= 0.3 is 0 Å². The molecule has 2 atom stereocenters. The minimum atomic E-state index is -1.09. The van der Waals surface area contributed by atoms with Crippen LogP contribution in [0.25, 0.3) is 0 Å². The Hall–Kier alpha value is -0.780. The van der Waals surface area contributed by atoms with Crippen LogP contribution in [-0.4, -0.2) is 43.8 Å². The molecule has 11 heavy (non-hydrogen) atoms. The van der Waals surface area contributed by atoms with E-state index >= 15 is 0 Å². The van der Waals surface area contributed by atoms with Gasteiger partial charge in [-0.05, 0) is 0 Å². The third-order valence-electron chi connectivity index (χ3n) is 0.984. The zero-order valence-corrected chi connectivity index (χ0v) is 6.10. The molecule has 0 rings (SSSR count). The number of carbonyl (C=O) groups is 2. The second-order valence-corrected chi connectivity index (χ2v) is 1.73. The lowest BCUT2D eigenvalue weighted by Gasteiger charge is -2.12. The summed E-state index contributed by atoms with van der Waals surface area (Å²) in [7, 11) is 1.26. The zero-order valence-electron chi connectivity index (χ0n) is 6.10. The van der Waals surface area contributed by atoms with E-state index in [2.05, 4.69) is 9.47 Å². The summed E-state index contributed by atoms with van der Waals surface area (Å²) >= 11 is 0. The molecule has 5 heteroatoms. The SMILES string of the molecule is CO[C@H](C=O)O[C@@H](C=O)CO. The first-order chi connectivity index (χ1) is 5.28. The number of hydrogen-bond donors (Lipinski definition) is 1. The van der Waals surface area contributed by atoms with Crippen molar-refractivity contribution in [3.8, 4) is 0 Å². The lowest BCUT2D eigenvalue weighted by atomic mass is 10.4. The van der Waals surface area contributed by atoms with Crippen molar-refractivity contribution in [1.82, 2.24) is 0 Å². The number of hydrogen-bond acceptors (Lipinski definition) is 5. The van der Waals surface area contributed by atoms with Gasteiger partial charge in [-0.3, -0.25) is 4.79 Å². The Kier molecular flexibility index (Phi) is 5.54. The van der Waals surface area contributed by atoms with E-state index in [-0.39, 0.29) is 0 Å². The van der Waals surface area contributed by atoms with Crippen LogP contribution in [0.15, 0.2) is 0 Å². The van der Waals surface area contributed by atoms with Crippen LogP contribution in [0.4, 0.5) is 0 Å². The van der Waals surface area contributed by atoms with E-state index in [9.17, 15) is 9.59 Å². The van der Waals surface area contributed by atoms with Gasteiger partial charge in [0.15, 0.2) is 12.6 Å². The fourth-order valence-corrected chi connectivity index (χ4v) is 0.434. The quantitative estimate of drug-likeness (QED) is 0.389. The first kappa shape index (κ1) is 10.2. The summed E-state index contributed by atoms with van der Waals surface area (Å²) in [6, 6.07) is 0. The second-order valence-electron chi connectivity index (χ2n) is 1.73. The number of carbonyl (C=O) groups excluding carboxylic acids is 2. The first-order valence-electron chi connectivity index (χ1n) is 2.98. The van der Waals surface area contributed by atoms with Crippen LogP contribution in [0.5, 0.6) is 0 Å². The van der Waals surface area contributed by atoms with Crippen LogP contribution in [-0.2, 0) is 19.1 Å². The highest BCUT2D eigenvalue weighted by Crippen LogP contribution is 1.93. The van der Waals surface area contributed by atoms with Crippen LogP contribution >= 0.6 is 0 Å². The molecule has 0 unspecified atom stereocenters. The molecule has 0 amide bonds. The number of aliphatic hydroxyl groups excluding tert-OH is 1. The maximum Gasteiger partial charge on any atom is 0.215 e. The van der Waals surface area contributed by atoms with Crippen molar-refractivity contribution >= 4 is 12.6 Å². The molecular weight excluding hydrogens is 152 g/mol. The largest absolute Gasteiger partial charge is 0.393 e. The van der Waals surface area contributed by atoms with Gasteiger partial charge in [0.2, 0.25) is 6.29 Å². The van der Waals surface area contributed by atoms with E-state index in [1.807, 2.05) is 0 Å². The molecule has 0 aliphatic rings. The molecule has 0 aromatic rings. The van der Waals surface area contributed by atoms with E-state index in [4.69, 9.17) is 5.11 Å². The van der Waals surface area contributed by atoms with Gasteiger partial charge in [-0.15, -0.1) is 0 Å². The van der Waals surface area contributed by atoms with E-state index < -0.39 is 19.0 Å². The highest BCUT2D eigenvalue weighted by molar-refractivity contribution is 5.58. The molecule has 64 valence electrons. The molecule has 0 saturated carbocycles. The molecule has 0 radical (unpaired) electrons. The third kappa shape index (κ3) is 3.82. The maximum atomic E-state index is 10.1. The minimum Gasteiger partial charge on any atom is -0.393 e. The number of rotatable bonds is 6. The van der Waals surface area contributed by atoms with Crippen LogP contribution in [0, 0.1) is 0 Å². The molecular formula is C6H10O5. The van der Waals surface area contributed by atoms with Crippen molar-refractivity contribution in [3.63, 3.8) is 0 Å². The number of ether oxygens (including phenoxy) is 2. The Labute approximate surface area is 63.9 Å². The molecule has 0 bridgehead atoms. The highest BCUT2D eigenvalue weighted by atomic mass is 16.7. The summed E-state index contributed by atoms with van der Waals surface area (Å²) in [5, 5.41) is 8.44. The molecule has 0 aromatic carbocycles. The monoisotopic (exact) mass is 162 g/mol. The van der Waals surface area contributed by atoms with E-state index in [1.165, 1.54) is 7.11 Å². The normalized spacial score (nSPS) is 15.5. The summed E-state index contributed by atoms with van der Waals surface area (Å²) < 4.78 is 9.11. The molecule has 0 aliphatic heterocycles. The van der Waals surface area contributed by atoms with Crippen LogP contribution in [0.2, 0.25) is 0 Å². The van der Waals surface area contributed by atoms with Gasteiger partial charge < -0.3 is 19.4 Å². The molecule has 5 nitrogen and oxygen atoms in total. The fourth-order valence-electron chi connectivity index (χ4n) is 0.434. The van der Waals surface area contributed by atoms with Crippen molar-refractivity contribution in [2.75, 3.05) is 13.7 Å². The van der Waals surface area contributed by atoms with Crippen molar-refractivity contribution in [2.45, 2.75) is 12.4 Å². The topological polar surface area (TPSA) is 72.8 Å². The average Bonchev–Trinajstić information content (AvgIpc) is 2.07.